The van der Waals surface area contributed by atoms with Crippen LogP contribution in [0.3, 0.4) is 0 Å². The van der Waals surface area contributed by atoms with Gasteiger partial charge in [0.15, 0.2) is 0 Å². The lowest BCUT2D eigenvalue weighted by Crippen LogP contribution is -2.41. The molecule has 31 heavy (non-hydrogen) atoms. The van der Waals surface area contributed by atoms with Crippen molar-refractivity contribution in [3.8, 4) is 0 Å². The van der Waals surface area contributed by atoms with Crippen molar-refractivity contribution >= 4 is 25.4 Å². The fourth-order valence-corrected chi connectivity index (χ4v) is 3.17. The Balaban J connectivity index is 1.75. The number of amides is 1. The maximum absolute atomic E-state index is 12.3. The molecule has 1 amide bonds. The predicted octanol–water partition coefficient (Wildman–Crippen LogP) is 5.27. The van der Waals surface area contributed by atoms with Crippen molar-refractivity contribution in [3.63, 3.8) is 0 Å². The van der Waals surface area contributed by atoms with E-state index in [1.807, 2.05) is 88.4 Å². The molecule has 0 bridgehead atoms. The lowest BCUT2D eigenvalue weighted by molar-refractivity contribution is 0.00578. The van der Waals surface area contributed by atoms with E-state index in [1.54, 1.807) is 6.08 Å². The summed E-state index contributed by atoms with van der Waals surface area (Å²) in [6.45, 7) is 12.3. The highest BCUT2D eigenvalue weighted by Crippen LogP contribution is 2.38. The Labute approximate surface area is 185 Å². The fraction of sp³-hybridized carbons (Fsp3) is 0.320. The van der Waals surface area contributed by atoms with Crippen LogP contribution in [0.5, 0.6) is 0 Å². The number of alkyl carbamates (subject to hydrolysis) is 1. The molecule has 0 aromatic heterocycles. The molecule has 1 heterocycles. The third kappa shape index (κ3) is 5.66. The van der Waals surface area contributed by atoms with E-state index in [9.17, 15) is 4.79 Å². The molecule has 2 aromatic rings. The maximum Gasteiger partial charge on any atom is 0.492 e. The van der Waals surface area contributed by atoms with E-state index in [-0.39, 0.29) is 13.2 Å². The van der Waals surface area contributed by atoms with Gasteiger partial charge in [-0.05, 0) is 49.9 Å². The third-order valence-electron chi connectivity index (χ3n) is 5.76. The first-order valence-electron chi connectivity index (χ1n) is 10.4. The van der Waals surface area contributed by atoms with Crippen LogP contribution < -0.4 is 5.32 Å². The zero-order valence-electron chi connectivity index (χ0n) is 18.7. The summed E-state index contributed by atoms with van der Waals surface area (Å²) in [5, 5.41) is 2.83. The van der Waals surface area contributed by atoms with Crippen LogP contribution in [0.2, 0.25) is 0 Å². The molecule has 2 aromatic carbocycles. The smallest absolute Gasteiger partial charge is 0.445 e. The summed E-state index contributed by atoms with van der Waals surface area (Å²) in [5.41, 5.74) is 2.72. The largest absolute Gasteiger partial charge is 0.492 e. The van der Waals surface area contributed by atoms with E-state index < -0.39 is 24.4 Å². The van der Waals surface area contributed by atoms with Gasteiger partial charge in [-0.15, -0.1) is 0 Å². The van der Waals surface area contributed by atoms with Crippen LogP contribution in [0.1, 0.15) is 44.4 Å². The minimum Gasteiger partial charge on any atom is -0.445 e. The number of carbonyl (C=O) groups excluding carboxylic acids is 1. The molecule has 1 N–H and O–H groups in total. The number of hydrogen-bond donors (Lipinski definition) is 1. The summed E-state index contributed by atoms with van der Waals surface area (Å²) < 4.78 is 17.8. The number of carbonyl (C=O) groups is 1. The second-order valence-electron chi connectivity index (χ2n) is 8.56. The standard InChI is InChI=1S/C25H30BNO4/c1-6-20-14-10-11-15-21(20)16-22(26-30-24(2,3)25(4,5)31-26)17-27-23(28)29-18-19-12-8-7-9-13-19/h6-16H,1,17-18H2,2-5H3,(H,27,28). The SMILES string of the molecule is C=Cc1ccccc1C=C(CNC(=O)OCc1ccccc1)B1OC(C)(C)C(C)(C)O1. The fourth-order valence-electron chi connectivity index (χ4n) is 3.17. The van der Waals surface area contributed by atoms with E-state index in [4.69, 9.17) is 14.0 Å². The Morgan fingerprint density at radius 1 is 1.00 bits per heavy atom. The van der Waals surface area contributed by atoms with Gasteiger partial charge in [0.2, 0.25) is 0 Å². The number of nitrogens with one attached hydrogen (secondary N) is 1. The van der Waals surface area contributed by atoms with Gasteiger partial charge in [0.05, 0.1) is 11.2 Å². The summed E-state index contributed by atoms with van der Waals surface area (Å²) in [5.74, 6) is 0. The molecule has 0 radical (unpaired) electrons. The predicted molar refractivity (Wildman–Crippen MR) is 125 cm³/mol. The van der Waals surface area contributed by atoms with Crippen molar-refractivity contribution in [2.24, 2.45) is 0 Å². The average molecular weight is 419 g/mol. The first-order valence-corrected chi connectivity index (χ1v) is 10.4. The molecule has 0 atom stereocenters. The Morgan fingerprint density at radius 3 is 2.19 bits per heavy atom. The molecule has 162 valence electrons. The van der Waals surface area contributed by atoms with Crippen molar-refractivity contribution in [1.29, 1.82) is 0 Å². The lowest BCUT2D eigenvalue weighted by atomic mass is 9.76. The van der Waals surface area contributed by atoms with Crippen molar-refractivity contribution in [1.82, 2.24) is 5.32 Å². The summed E-state index contributed by atoms with van der Waals surface area (Å²) in [6, 6.07) is 17.5. The molecule has 1 saturated heterocycles. The molecule has 1 aliphatic rings. The van der Waals surface area contributed by atoms with E-state index in [0.29, 0.717) is 0 Å². The average Bonchev–Trinajstić information content (AvgIpc) is 2.97. The zero-order valence-corrected chi connectivity index (χ0v) is 18.7. The van der Waals surface area contributed by atoms with Gasteiger partial charge < -0.3 is 19.4 Å². The van der Waals surface area contributed by atoms with Crippen molar-refractivity contribution in [3.05, 3.63) is 83.3 Å². The highest BCUT2D eigenvalue weighted by molar-refractivity contribution is 6.56. The van der Waals surface area contributed by atoms with Gasteiger partial charge in [0.1, 0.15) is 6.61 Å². The van der Waals surface area contributed by atoms with E-state index in [0.717, 1.165) is 22.2 Å². The van der Waals surface area contributed by atoms with Crippen LogP contribution in [0.4, 0.5) is 4.79 Å². The topological polar surface area (TPSA) is 56.8 Å². The maximum atomic E-state index is 12.3. The first kappa shape index (κ1) is 22.9. The molecule has 6 heteroatoms. The number of hydrogen-bond acceptors (Lipinski definition) is 4. The van der Waals surface area contributed by atoms with Crippen molar-refractivity contribution < 1.29 is 18.8 Å². The molecule has 1 aliphatic heterocycles. The number of benzene rings is 2. The van der Waals surface area contributed by atoms with Gasteiger partial charge in [-0.3, -0.25) is 0 Å². The normalized spacial score (nSPS) is 17.3. The molecule has 0 aliphatic carbocycles. The van der Waals surface area contributed by atoms with Gasteiger partial charge in [-0.25, -0.2) is 4.79 Å². The van der Waals surface area contributed by atoms with Crippen LogP contribution in [0.25, 0.3) is 12.2 Å². The van der Waals surface area contributed by atoms with E-state index in [2.05, 4.69) is 11.9 Å². The Bertz CT molecular complexity index is 937. The van der Waals surface area contributed by atoms with Gasteiger partial charge in [-0.2, -0.15) is 0 Å². The highest BCUT2D eigenvalue weighted by atomic mass is 16.7. The molecule has 0 spiro atoms. The Kier molecular flexibility index (Phi) is 7.03. The quantitative estimate of drug-likeness (QED) is 0.622. The van der Waals surface area contributed by atoms with Gasteiger partial charge >= 0.3 is 13.2 Å². The van der Waals surface area contributed by atoms with Crippen molar-refractivity contribution in [2.75, 3.05) is 6.54 Å². The highest BCUT2D eigenvalue weighted by Gasteiger charge is 2.52. The summed E-state index contributed by atoms with van der Waals surface area (Å²) in [7, 11) is -0.586. The van der Waals surface area contributed by atoms with Crippen molar-refractivity contribution in [2.45, 2.75) is 45.5 Å². The minimum atomic E-state index is -0.586. The van der Waals surface area contributed by atoms with Gasteiger partial charge in [-0.1, -0.05) is 73.3 Å². The molecule has 0 saturated carbocycles. The molecular formula is C25H30BNO4. The molecule has 0 unspecified atom stereocenters. The van der Waals surface area contributed by atoms with E-state index in [1.165, 1.54) is 0 Å². The molecular weight excluding hydrogens is 389 g/mol. The minimum absolute atomic E-state index is 0.210. The van der Waals surface area contributed by atoms with Gasteiger partial charge in [0.25, 0.3) is 0 Å². The first-order chi connectivity index (χ1) is 14.7. The Morgan fingerprint density at radius 2 is 1.58 bits per heavy atom. The number of ether oxygens (including phenoxy) is 1. The molecule has 3 rings (SSSR count). The second-order valence-corrected chi connectivity index (χ2v) is 8.56. The third-order valence-corrected chi connectivity index (χ3v) is 5.76. The lowest BCUT2D eigenvalue weighted by Gasteiger charge is -2.32. The number of rotatable bonds is 7. The summed E-state index contributed by atoms with van der Waals surface area (Å²) in [4.78, 5) is 12.3. The molecule has 5 nitrogen and oxygen atoms in total. The summed E-state index contributed by atoms with van der Waals surface area (Å²) >= 11 is 0. The second kappa shape index (κ2) is 9.54. The monoisotopic (exact) mass is 419 g/mol. The van der Waals surface area contributed by atoms with E-state index >= 15 is 0 Å². The van der Waals surface area contributed by atoms with Gasteiger partial charge in [0, 0.05) is 6.54 Å². The van der Waals surface area contributed by atoms with Crippen LogP contribution in [-0.2, 0) is 20.7 Å². The van der Waals surface area contributed by atoms with Crippen LogP contribution in [0, 0.1) is 0 Å². The summed E-state index contributed by atoms with van der Waals surface area (Å²) in [6.07, 6.45) is 3.29. The zero-order chi connectivity index (χ0) is 22.5. The molecule has 1 fully saturated rings. The Hall–Kier alpha value is -2.83. The van der Waals surface area contributed by atoms with Crippen LogP contribution >= 0.6 is 0 Å². The van der Waals surface area contributed by atoms with Crippen LogP contribution in [-0.4, -0.2) is 31.0 Å². The van der Waals surface area contributed by atoms with Crippen LogP contribution in [0.15, 0.2) is 66.6 Å².